The standard InChI is InChI=1S/C24H20N6O/c1-16-7-11-30(28-16)23-14-19(6-9-26-23)21-15-27-22-13-18(8-10-29(21)22)17-4-3-5-20(12-17)24(31)25-2/h3-15H,1-2H3,(H,25,31). The Balaban J connectivity index is 1.53. The number of hydrogen-bond acceptors (Lipinski definition) is 4. The van der Waals surface area contributed by atoms with Crippen LogP contribution in [0.15, 0.2) is 79.4 Å². The van der Waals surface area contributed by atoms with E-state index in [1.54, 1.807) is 24.0 Å². The van der Waals surface area contributed by atoms with E-state index in [1.165, 1.54) is 0 Å². The maximum absolute atomic E-state index is 12.0. The number of hydrogen-bond donors (Lipinski definition) is 1. The summed E-state index contributed by atoms with van der Waals surface area (Å²) in [5.41, 5.74) is 6.32. The molecule has 0 saturated heterocycles. The molecular formula is C24H20N6O. The van der Waals surface area contributed by atoms with Crippen molar-refractivity contribution < 1.29 is 4.79 Å². The number of benzene rings is 1. The summed E-state index contributed by atoms with van der Waals surface area (Å²) in [7, 11) is 1.63. The highest BCUT2D eigenvalue weighted by atomic mass is 16.1. The van der Waals surface area contributed by atoms with E-state index in [1.807, 2.05) is 78.4 Å². The molecule has 7 heteroatoms. The van der Waals surface area contributed by atoms with Crippen LogP contribution in [0.25, 0.3) is 33.8 Å². The third kappa shape index (κ3) is 3.46. The highest BCUT2D eigenvalue weighted by molar-refractivity contribution is 5.95. The van der Waals surface area contributed by atoms with E-state index >= 15 is 0 Å². The van der Waals surface area contributed by atoms with Gasteiger partial charge in [0.05, 0.1) is 17.6 Å². The molecule has 0 aliphatic rings. The fraction of sp³-hybridized carbons (Fsp3) is 0.0833. The number of carbonyl (C=O) groups excluding carboxylic acids is 1. The number of carbonyl (C=O) groups is 1. The molecule has 0 aliphatic heterocycles. The second-order valence-electron chi connectivity index (χ2n) is 7.25. The molecule has 4 heterocycles. The molecule has 0 unspecified atom stereocenters. The monoisotopic (exact) mass is 408 g/mol. The summed E-state index contributed by atoms with van der Waals surface area (Å²) in [5.74, 6) is 0.648. The summed E-state index contributed by atoms with van der Waals surface area (Å²) in [6, 6.07) is 17.5. The van der Waals surface area contributed by atoms with E-state index in [9.17, 15) is 4.79 Å². The fourth-order valence-corrected chi connectivity index (χ4v) is 3.60. The van der Waals surface area contributed by atoms with Gasteiger partial charge in [0, 0.05) is 36.8 Å². The zero-order chi connectivity index (χ0) is 21.4. The number of imidazole rings is 1. The van der Waals surface area contributed by atoms with Crippen molar-refractivity contribution >= 4 is 11.6 Å². The lowest BCUT2D eigenvalue weighted by Crippen LogP contribution is -2.17. The van der Waals surface area contributed by atoms with Gasteiger partial charge in [0.25, 0.3) is 5.91 Å². The van der Waals surface area contributed by atoms with E-state index < -0.39 is 0 Å². The molecule has 1 N–H and O–H groups in total. The first kappa shape index (κ1) is 18.7. The van der Waals surface area contributed by atoms with Crippen molar-refractivity contribution in [2.75, 3.05) is 7.05 Å². The molecule has 0 aliphatic carbocycles. The molecule has 1 amide bonds. The number of amides is 1. The summed E-state index contributed by atoms with van der Waals surface area (Å²) in [4.78, 5) is 21.0. The SMILES string of the molecule is CNC(=O)c1cccc(-c2ccn3c(-c4ccnc(-n5ccc(C)n5)c4)cnc3c2)c1. The van der Waals surface area contributed by atoms with Gasteiger partial charge in [-0.05, 0) is 60.5 Å². The predicted molar refractivity (Wildman–Crippen MR) is 119 cm³/mol. The molecule has 7 nitrogen and oxygen atoms in total. The quantitative estimate of drug-likeness (QED) is 0.489. The van der Waals surface area contributed by atoms with E-state index in [4.69, 9.17) is 0 Å². The Hall–Kier alpha value is -4.26. The number of nitrogens with one attached hydrogen (secondary N) is 1. The van der Waals surface area contributed by atoms with Crippen LogP contribution in [0.5, 0.6) is 0 Å². The Kier molecular flexibility index (Phi) is 4.55. The van der Waals surface area contributed by atoms with Crippen molar-refractivity contribution in [2.24, 2.45) is 0 Å². The zero-order valence-corrected chi connectivity index (χ0v) is 17.1. The Morgan fingerprint density at radius 1 is 0.935 bits per heavy atom. The Morgan fingerprint density at radius 2 is 1.81 bits per heavy atom. The molecule has 5 rings (SSSR count). The first-order valence-electron chi connectivity index (χ1n) is 9.91. The molecule has 152 valence electrons. The van der Waals surface area contributed by atoms with E-state index in [0.29, 0.717) is 5.56 Å². The van der Waals surface area contributed by atoms with E-state index in [2.05, 4.69) is 20.4 Å². The molecule has 5 aromatic rings. The van der Waals surface area contributed by atoms with Gasteiger partial charge in [-0.25, -0.2) is 14.6 Å². The van der Waals surface area contributed by atoms with Crippen molar-refractivity contribution in [3.8, 4) is 28.2 Å². The van der Waals surface area contributed by atoms with Gasteiger partial charge in [0.1, 0.15) is 5.65 Å². The van der Waals surface area contributed by atoms with E-state index in [-0.39, 0.29) is 5.91 Å². The smallest absolute Gasteiger partial charge is 0.251 e. The zero-order valence-electron chi connectivity index (χ0n) is 17.1. The van der Waals surface area contributed by atoms with Crippen LogP contribution in [0.1, 0.15) is 16.1 Å². The molecule has 1 aromatic carbocycles. The van der Waals surface area contributed by atoms with Crippen LogP contribution in [0.4, 0.5) is 0 Å². The third-order valence-electron chi connectivity index (χ3n) is 5.20. The van der Waals surface area contributed by atoms with Crippen LogP contribution >= 0.6 is 0 Å². The Labute approximate surface area is 179 Å². The van der Waals surface area contributed by atoms with Gasteiger partial charge in [0.2, 0.25) is 0 Å². The lowest BCUT2D eigenvalue weighted by atomic mass is 10.0. The molecule has 0 saturated carbocycles. The maximum atomic E-state index is 12.0. The molecule has 0 radical (unpaired) electrons. The average Bonchev–Trinajstić information content (AvgIpc) is 3.44. The summed E-state index contributed by atoms with van der Waals surface area (Å²) in [6.45, 7) is 1.95. The molecule has 0 fully saturated rings. The molecule has 0 bridgehead atoms. The second-order valence-corrected chi connectivity index (χ2v) is 7.25. The van der Waals surface area contributed by atoms with Gasteiger partial charge in [-0.15, -0.1) is 0 Å². The highest BCUT2D eigenvalue weighted by Crippen LogP contribution is 2.26. The lowest BCUT2D eigenvalue weighted by Gasteiger charge is -2.08. The normalized spacial score (nSPS) is 11.0. The van der Waals surface area contributed by atoms with Crippen molar-refractivity contribution in [3.05, 3.63) is 90.6 Å². The van der Waals surface area contributed by atoms with Gasteiger partial charge in [-0.1, -0.05) is 12.1 Å². The largest absolute Gasteiger partial charge is 0.355 e. The molecule has 0 spiro atoms. The van der Waals surface area contributed by atoms with Crippen LogP contribution in [0, 0.1) is 6.92 Å². The Bertz CT molecular complexity index is 1410. The maximum Gasteiger partial charge on any atom is 0.251 e. The minimum Gasteiger partial charge on any atom is -0.355 e. The number of aryl methyl sites for hydroxylation is 1. The predicted octanol–water partition coefficient (Wildman–Crippen LogP) is 3.92. The third-order valence-corrected chi connectivity index (χ3v) is 5.20. The van der Waals surface area contributed by atoms with E-state index in [0.717, 1.165) is 39.5 Å². The average molecular weight is 408 g/mol. The number of aromatic nitrogens is 5. The summed E-state index contributed by atoms with van der Waals surface area (Å²) < 4.78 is 3.80. The fourth-order valence-electron chi connectivity index (χ4n) is 3.60. The van der Waals surface area contributed by atoms with Gasteiger partial charge in [0.15, 0.2) is 5.82 Å². The van der Waals surface area contributed by atoms with Gasteiger partial charge in [-0.2, -0.15) is 5.10 Å². The van der Waals surface area contributed by atoms with Crippen molar-refractivity contribution in [2.45, 2.75) is 6.92 Å². The number of nitrogens with zero attached hydrogens (tertiary/aromatic N) is 5. The van der Waals surface area contributed by atoms with Crippen LogP contribution in [0.3, 0.4) is 0 Å². The topological polar surface area (TPSA) is 77.1 Å². The number of rotatable bonds is 4. The first-order valence-corrected chi connectivity index (χ1v) is 9.91. The molecular weight excluding hydrogens is 388 g/mol. The van der Waals surface area contributed by atoms with Crippen molar-refractivity contribution in [1.29, 1.82) is 0 Å². The number of pyridine rings is 2. The minimum absolute atomic E-state index is 0.105. The minimum atomic E-state index is -0.105. The molecule has 31 heavy (non-hydrogen) atoms. The summed E-state index contributed by atoms with van der Waals surface area (Å²) >= 11 is 0. The van der Waals surface area contributed by atoms with Crippen LogP contribution in [0.2, 0.25) is 0 Å². The summed E-state index contributed by atoms with van der Waals surface area (Å²) in [5, 5.41) is 7.10. The van der Waals surface area contributed by atoms with Crippen molar-refractivity contribution in [1.82, 2.24) is 29.5 Å². The second kappa shape index (κ2) is 7.53. The van der Waals surface area contributed by atoms with Crippen LogP contribution in [-0.2, 0) is 0 Å². The van der Waals surface area contributed by atoms with Crippen LogP contribution < -0.4 is 5.32 Å². The molecule has 0 atom stereocenters. The first-order chi connectivity index (χ1) is 15.1. The lowest BCUT2D eigenvalue weighted by molar-refractivity contribution is 0.0963. The molecule has 4 aromatic heterocycles. The van der Waals surface area contributed by atoms with Crippen molar-refractivity contribution in [3.63, 3.8) is 0 Å². The highest BCUT2D eigenvalue weighted by Gasteiger charge is 2.11. The van der Waals surface area contributed by atoms with Gasteiger partial charge < -0.3 is 5.32 Å². The van der Waals surface area contributed by atoms with Gasteiger partial charge in [-0.3, -0.25) is 9.20 Å². The summed E-state index contributed by atoms with van der Waals surface area (Å²) in [6.07, 6.45) is 7.53. The van der Waals surface area contributed by atoms with Gasteiger partial charge >= 0.3 is 0 Å². The number of fused-ring (bicyclic) bond motifs is 1. The Morgan fingerprint density at radius 3 is 2.61 bits per heavy atom. The van der Waals surface area contributed by atoms with Crippen LogP contribution in [-0.4, -0.2) is 37.1 Å².